The number of piperazine rings is 1. The monoisotopic (exact) mass is 286 g/mol. The molecule has 1 aliphatic carbocycles. The first-order valence-corrected chi connectivity index (χ1v) is 7.75. The average molecular weight is 286 g/mol. The fourth-order valence-electron chi connectivity index (χ4n) is 3.40. The molecule has 0 bridgehead atoms. The van der Waals surface area contributed by atoms with Gasteiger partial charge in [-0.25, -0.2) is 0 Å². The predicted octanol–water partition coefficient (Wildman–Crippen LogP) is 2.59. The highest BCUT2D eigenvalue weighted by Gasteiger charge is 2.48. The van der Waals surface area contributed by atoms with Crippen LogP contribution in [-0.2, 0) is 9.59 Å². The van der Waals surface area contributed by atoms with Crippen LogP contribution in [0.5, 0.6) is 0 Å². The van der Waals surface area contributed by atoms with E-state index in [1.165, 1.54) is 5.56 Å². The lowest BCUT2D eigenvalue weighted by atomic mass is 9.92. The summed E-state index contributed by atoms with van der Waals surface area (Å²) < 4.78 is 0. The van der Waals surface area contributed by atoms with E-state index >= 15 is 0 Å². The summed E-state index contributed by atoms with van der Waals surface area (Å²) in [6.07, 6.45) is 3.54. The van der Waals surface area contributed by atoms with Gasteiger partial charge in [0.05, 0.1) is 0 Å². The number of hydrogen-bond acceptors (Lipinski definition) is 2. The summed E-state index contributed by atoms with van der Waals surface area (Å²) in [7, 11) is 0. The molecular formula is C17H22N2O2. The summed E-state index contributed by atoms with van der Waals surface area (Å²) in [5.74, 6) is 0.460. The highest BCUT2D eigenvalue weighted by atomic mass is 16.2. The Morgan fingerprint density at radius 1 is 1.10 bits per heavy atom. The zero-order valence-corrected chi connectivity index (χ0v) is 12.7. The second-order valence-corrected chi connectivity index (χ2v) is 6.47. The summed E-state index contributed by atoms with van der Waals surface area (Å²) in [6.45, 7) is 4.41. The fourth-order valence-corrected chi connectivity index (χ4v) is 3.40. The molecule has 1 N–H and O–H groups in total. The van der Waals surface area contributed by atoms with Crippen molar-refractivity contribution >= 4 is 17.5 Å². The van der Waals surface area contributed by atoms with Gasteiger partial charge in [-0.2, -0.15) is 0 Å². The molecule has 0 radical (unpaired) electrons. The molecule has 0 unspecified atom stereocenters. The highest BCUT2D eigenvalue weighted by molar-refractivity contribution is 6.09. The lowest BCUT2D eigenvalue weighted by Gasteiger charge is -2.39. The van der Waals surface area contributed by atoms with Crippen LogP contribution in [0, 0.1) is 0 Å². The van der Waals surface area contributed by atoms with Gasteiger partial charge in [0.15, 0.2) is 0 Å². The van der Waals surface area contributed by atoms with Crippen LogP contribution >= 0.6 is 0 Å². The molecule has 1 aromatic carbocycles. The summed E-state index contributed by atoms with van der Waals surface area (Å²) in [6, 6.07) is 7.99. The molecule has 1 aromatic rings. The van der Waals surface area contributed by atoms with Crippen LogP contribution in [0.15, 0.2) is 24.3 Å². The van der Waals surface area contributed by atoms with Crippen molar-refractivity contribution in [1.82, 2.24) is 5.32 Å². The third-order valence-corrected chi connectivity index (χ3v) is 4.66. The van der Waals surface area contributed by atoms with Crippen molar-refractivity contribution in [2.24, 2.45) is 0 Å². The normalized spacial score (nSPS) is 21.2. The predicted molar refractivity (Wildman–Crippen MR) is 82.2 cm³/mol. The van der Waals surface area contributed by atoms with Gasteiger partial charge in [0.1, 0.15) is 12.1 Å². The molecule has 21 heavy (non-hydrogen) atoms. The number of hydrogen-bond donors (Lipinski definition) is 1. The van der Waals surface area contributed by atoms with Gasteiger partial charge in [-0.15, -0.1) is 0 Å². The van der Waals surface area contributed by atoms with Crippen LogP contribution in [0.1, 0.15) is 51.0 Å². The average Bonchev–Trinajstić information content (AvgIpc) is 2.92. The van der Waals surface area contributed by atoms with Gasteiger partial charge in [0.2, 0.25) is 5.91 Å². The van der Waals surface area contributed by atoms with Crippen molar-refractivity contribution in [3.05, 3.63) is 29.8 Å². The quantitative estimate of drug-likeness (QED) is 0.908. The SMILES string of the molecule is CC(C)c1ccc(N2CC(=O)NC3(CCCC3)C2=O)cc1. The Balaban J connectivity index is 1.89. The number of nitrogens with zero attached hydrogens (tertiary/aromatic N) is 1. The van der Waals surface area contributed by atoms with E-state index < -0.39 is 5.54 Å². The van der Waals surface area contributed by atoms with E-state index in [2.05, 4.69) is 19.2 Å². The van der Waals surface area contributed by atoms with Crippen molar-refractivity contribution < 1.29 is 9.59 Å². The van der Waals surface area contributed by atoms with Crippen molar-refractivity contribution in [1.29, 1.82) is 0 Å². The summed E-state index contributed by atoms with van der Waals surface area (Å²) in [5, 5.41) is 2.94. The third kappa shape index (κ3) is 2.43. The van der Waals surface area contributed by atoms with Gasteiger partial charge in [-0.05, 0) is 36.5 Å². The Bertz CT molecular complexity index is 557. The first-order chi connectivity index (χ1) is 10.0. The standard InChI is InChI=1S/C17H22N2O2/c1-12(2)13-5-7-14(8-6-13)19-11-15(20)18-17(16(19)21)9-3-4-10-17/h5-8,12H,3-4,9-11H2,1-2H3,(H,18,20). The molecule has 112 valence electrons. The van der Waals surface area contributed by atoms with E-state index in [1.807, 2.05) is 24.3 Å². The maximum Gasteiger partial charge on any atom is 0.253 e. The van der Waals surface area contributed by atoms with Gasteiger partial charge in [0.25, 0.3) is 5.91 Å². The molecule has 0 atom stereocenters. The fraction of sp³-hybridized carbons (Fsp3) is 0.529. The van der Waals surface area contributed by atoms with Gasteiger partial charge < -0.3 is 10.2 Å². The van der Waals surface area contributed by atoms with Crippen LogP contribution < -0.4 is 10.2 Å². The minimum atomic E-state index is -0.647. The second kappa shape index (κ2) is 5.17. The molecule has 4 nitrogen and oxygen atoms in total. The molecular weight excluding hydrogens is 264 g/mol. The number of benzene rings is 1. The highest BCUT2D eigenvalue weighted by Crippen LogP contribution is 2.35. The lowest BCUT2D eigenvalue weighted by Crippen LogP contribution is -2.65. The van der Waals surface area contributed by atoms with Crippen molar-refractivity contribution in [2.45, 2.75) is 51.0 Å². The minimum Gasteiger partial charge on any atom is -0.340 e. The Kier molecular flexibility index (Phi) is 3.47. The van der Waals surface area contributed by atoms with E-state index in [9.17, 15) is 9.59 Å². The van der Waals surface area contributed by atoms with E-state index in [0.29, 0.717) is 5.92 Å². The minimum absolute atomic E-state index is 0.0514. The number of rotatable bonds is 2. The molecule has 1 saturated carbocycles. The van der Waals surface area contributed by atoms with Crippen molar-refractivity contribution in [2.75, 3.05) is 11.4 Å². The summed E-state index contributed by atoms with van der Waals surface area (Å²) in [4.78, 5) is 26.5. The van der Waals surface area contributed by atoms with Gasteiger partial charge in [-0.3, -0.25) is 9.59 Å². The molecule has 3 rings (SSSR count). The molecule has 1 spiro atoms. The number of amides is 2. The van der Waals surface area contributed by atoms with Crippen LogP contribution in [0.25, 0.3) is 0 Å². The van der Waals surface area contributed by atoms with Gasteiger partial charge >= 0.3 is 0 Å². The Labute approximate surface area is 125 Å². The lowest BCUT2D eigenvalue weighted by molar-refractivity contribution is -0.135. The molecule has 2 amide bonds. The van der Waals surface area contributed by atoms with Crippen LogP contribution in [0.4, 0.5) is 5.69 Å². The van der Waals surface area contributed by atoms with E-state index in [-0.39, 0.29) is 18.4 Å². The molecule has 1 heterocycles. The Morgan fingerprint density at radius 3 is 2.29 bits per heavy atom. The molecule has 0 aromatic heterocycles. The number of carbonyl (C=O) groups excluding carboxylic acids is 2. The third-order valence-electron chi connectivity index (χ3n) is 4.66. The zero-order chi connectivity index (χ0) is 15.0. The number of anilines is 1. The largest absolute Gasteiger partial charge is 0.340 e. The molecule has 1 saturated heterocycles. The van der Waals surface area contributed by atoms with E-state index in [0.717, 1.165) is 31.4 Å². The summed E-state index contributed by atoms with van der Waals surface area (Å²) >= 11 is 0. The maximum atomic E-state index is 12.8. The summed E-state index contributed by atoms with van der Waals surface area (Å²) in [5.41, 5.74) is 1.42. The van der Waals surface area contributed by atoms with E-state index in [1.54, 1.807) is 4.90 Å². The molecule has 1 aliphatic heterocycles. The first-order valence-electron chi connectivity index (χ1n) is 7.75. The molecule has 2 aliphatic rings. The van der Waals surface area contributed by atoms with Crippen molar-refractivity contribution in [3.8, 4) is 0 Å². The van der Waals surface area contributed by atoms with Crippen LogP contribution in [-0.4, -0.2) is 23.9 Å². The molecule has 2 fully saturated rings. The smallest absolute Gasteiger partial charge is 0.253 e. The number of carbonyl (C=O) groups is 2. The Morgan fingerprint density at radius 2 is 1.71 bits per heavy atom. The Hall–Kier alpha value is -1.84. The molecule has 4 heteroatoms. The maximum absolute atomic E-state index is 12.8. The van der Waals surface area contributed by atoms with Gasteiger partial charge in [0, 0.05) is 5.69 Å². The first kappa shape index (κ1) is 14.1. The second-order valence-electron chi connectivity index (χ2n) is 6.47. The topological polar surface area (TPSA) is 49.4 Å². The van der Waals surface area contributed by atoms with E-state index in [4.69, 9.17) is 0 Å². The van der Waals surface area contributed by atoms with Crippen LogP contribution in [0.3, 0.4) is 0 Å². The zero-order valence-electron chi connectivity index (χ0n) is 12.7. The van der Waals surface area contributed by atoms with Gasteiger partial charge in [-0.1, -0.05) is 38.8 Å². The number of nitrogens with one attached hydrogen (secondary N) is 1. The van der Waals surface area contributed by atoms with Crippen LogP contribution in [0.2, 0.25) is 0 Å². The van der Waals surface area contributed by atoms with Crippen molar-refractivity contribution in [3.63, 3.8) is 0 Å².